The minimum Gasteiger partial charge on any atom is -0.496 e. The van der Waals surface area contributed by atoms with Gasteiger partial charge in [0.15, 0.2) is 0 Å². The topological polar surface area (TPSA) is 55.4 Å². The highest BCUT2D eigenvalue weighted by molar-refractivity contribution is 9.10. The molecule has 0 saturated carbocycles. The van der Waals surface area contributed by atoms with Gasteiger partial charge in [0, 0.05) is 5.69 Å². The molecule has 7 heteroatoms. The Labute approximate surface area is 124 Å². The third-order valence-electron chi connectivity index (χ3n) is 2.53. The molecule has 0 bridgehead atoms. The fourth-order valence-electron chi connectivity index (χ4n) is 1.55. The number of anilines is 1. The molecule has 0 amide bonds. The van der Waals surface area contributed by atoms with Gasteiger partial charge in [-0.25, -0.2) is 12.8 Å². The minimum absolute atomic E-state index is 0.0782. The number of ether oxygens (including phenoxy) is 1. The van der Waals surface area contributed by atoms with E-state index in [9.17, 15) is 12.8 Å². The predicted molar refractivity (Wildman–Crippen MR) is 77.9 cm³/mol. The maximum Gasteiger partial charge on any atom is 0.261 e. The molecule has 20 heavy (non-hydrogen) atoms. The maximum absolute atomic E-state index is 12.8. The van der Waals surface area contributed by atoms with E-state index in [1.54, 1.807) is 6.07 Å². The van der Waals surface area contributed by atoms with E-state index in [0.717, 1.165) is 0 Å². The predicted octanol–water partition coefficient (Wildman–Crippen LogP) is 3.40. The molecule has 2 aromatic carbocycles. The lowest BCUT2D eigenvalue weighted by Gasteiger charge is -2.10. The molecule has 0 aromatic heterocycles. The summed E-state index contributed by atoms with van der Waals surface area (Å²) >= 11 is 3.23. The van der Waals surface area contributed by atoms with Crippen LogP contribution in [0.25, 0.3) is 0 Å². The Morgan fingerprint density at radius 1 is 1.15 bits per heavy atom. The van der Waals surface area contributed by atoms with Crippen molar-refractivity contribution in [1.29, 1.82) is 0 Å². The normalized spacial score (nSPS) is 11.2. The first-order valence-electron chi connectivity index (χ1n) is 5.54. The maximum atomic E-state index is 12.8. The van der Waals surface area contributed by atoms with E-state index < -0.39 is 15.8 Å². The third kappa shape index (κ3) is 3.29. The van der Waals surface area contributed by atoms with Gasteiger partial charge in [0.2, 0.25) is 0 Å². The number of halogens is 2. The Morgan fingerprint density at radius 3 is 2.35 bits per heavy atom. The fraction of sp³-hybridized carbons (Fsp3) is 0.0769. The van der Waals surface area contributed by atoms with E-state index in [1.807, 2.05) is 0 Å². The van der Waals surface area contributed by atoms with Crippen molar-refractivity contribution in [2.75, 3.05) is 11.8 Å². The van der Waals surface area contributed by atoms with Crippen molar-refractivity contribution in [3.05, 3.63) is 52.8 Å². The Bertz CT molecular complexity index is 717. The smallest absolute Gasteiger partial charge is 0.261 e. The van der Waals surface area contributed by atoms with Gasteiger partial charge in [-0.15, -0.1) is 0 Å². The minimum atomic E-state index is -3.73. The Kier molecular flexibility index (Phi) is 4.29. The van der Waals surface area contributed by atoms with E-state index in [1.165, 1.54) is 43.5 Å². The molecule has 0 unspecified atom stereocenters. The van der Waals surface area contributed by atoms with Gasteiger partial charge >= 0.3 is 0 Å². The third-order valence-corrected chi connectivity index (χ3v) is 4.53. The van der Waals surface area contributed by atoms with Crippen LogP contribution in [-0.4, -0.2) is 15.5 Å². The number of hydrogen-bond donors (Lipinski definition) is 1. The van der Waals surface area contributed by atoms with Crippen LogP contribution in [0.5, 0.6) is 5.75 Å². The summed E-state index contributed by atoms with van der Waals surface area (Å²) in [4.78, 5) is 0.0782. The van der Waals surface area contributed by atoms with Crippen LogP contribution < -0.4 is 9.46 Å². The van der Waals surface area contributed by atoms with Crippen LogP contribution in [0.15, 0.2) is 51.8 Å². The summed E-state index contributed by atoms with van der Waals surface area (Å²) in [5, 5.41) is 0. The van der Waals surface area contributed by atoms with Gasteiger partial charge in [-0.1, -0.05) is 0 Å². The second kappa shape index (κ2) is 5.80. The zero-order valence-electron chi connectivity index (χ0n) is 10.4. The molecule has 0 fully saturated rings. The van der Waals surface area contributed by atoms with Crippen molar-refractivity contribution in [3.63, 3.8) is 0 Å². The van der Waals surface area contributed by atoms with E-state index in [4.69, 9.17) is 4.74 Å². The number of nitrogens with one attached hydrogen (secondary N) is 1. The molecule has 106 valence electrons. The largest absolute Gasteiger partial charge is 0.496 e. The molecule has 2 rings (SSSR count). The molecule has 0 atom stereocenters. The lowest BCUT2D eigenvalue weighted by molar-refractivity contribution is 0.411. The number of benzene rings is 2. The summed E-state index contributed by atoms with van der Waals surface area (Å²) in [6.07, 6.45) is 0. The zero-order chi connectivity index (χ0) is 14.8. The van der Waals surface area contributed by atoms with Gasteiger partial charge in [-0.3, -0.25) is 4.72 Å². The highest BCUT2D eigenvalue weighted by Crippen LogP contribution is 2.28. The van der Waals surface area contributed by atoms with Crippen LogP contribution in [0.3, 0.4) is 0 Å². The second-order valence-electron chi connectivity index (χ2n) is 3.91. The van der Waals surface area contributed by atoms with E-state index in [0.29, 0.717) is 15.9 Å². The van der Waals surface area contributed by atoms with Crippen molar-refractivity contribution in [3.8, 4) is 5.75 Å². The Hall–Kier alpha value is -1.60. The molecule has 0 aliphatic carbocycles. The van der Waals surface area contributed by atoms with Crippen molar-refractivity contribution in [2.24, 2.45) is 0 Å². The van der Waals surface area contributed by atoms with Gasteiger partial charge in [0.1, 0.15) is 11.6 Å². The van der Waals surface area contributed by atoms with Crippen LogP contribution in [0.2, 0.25) is 0 Å². The summed E-state index contributed by atoms with van der Waals surface area (Å²) in [7, 11) is -2.24. The van der Waals surface area contributed by atoms with Crippen LogP contribution in [-0.2, 0) is 10.0 Å². The molecule has 2 aromatic rings. The van der Waals surface area contributed by atoms with Crippen molar-refractivity contribution in [2.45, 2.75) is 4.90 Å². The van der Waals surface area contributed by atoms with Crippen molar-refractivity contribution >= 4 is 31.6 Å². The fourth-order valence-corrected chi connectivity index (χ4v) is 3.32. The lowest BCUT2D eigenvalue weighted by Crippen LogP contribution is -2.13. The second-order valence-corrected chi connectivity index (χ2v) is 6.45. The van der Waals surface area contributed by atoms with Crippen molar-refractivity contribution < 1.29 is 17.5 Å². The summed E-state index contributed by atoms with van der Waals surface area (Å²) in [5.74, 6) is 0.103. The van der Waals surface area contributed by atoms with Crippen LogP contribution in [0.1, 0.15) is 0 Å². The number of rotatable bonds is 4. The summed E-state index contributed by atoms with van der Waals surface area (Å²) in [5.41, 5.74) is 0.290. The first-order valence-corrected chi connectivity index (χ1v) is 7.82. The van der Waals surface area contributed by atoms with Gasteiger partial charge in [0.05, 0.1) is 16.5 Å². The van der Waals surface area contributed by atoms with Crippen LogP contribution >= 0.6 is 15.9 Å². The first kappa shape index (κ1) is 14.8. The molecule has 0 aliphatic heterocycles. The Balaban J connectivity index is 2.30. The SMILES string of the molecule is COc1ccc(S(=O)(=O)Nc2ccc(F)cc2)cc1Br. The first-order chi connectivity index (χ1) is 9.42. The van der Waals surface area contributed by atoms with Gasteiger partial charge in [0.25, 0.3) is 10.0 Å². The molecule has 0 aliphatic rings. The van der Waals surface area contributed by atoms with Gasteiger partial charge in [-0.05, 0) is 58.4 Å². The molecule has 0 saturated heterocycles. The highest BCUT2D eigenvalue weighted by atomic mass is 79.9. The lowest BCUT2D eigenvalue weighted by atomic mass is 10.3. The van der Waals surface area contributed by atoms with Crippen LogP contribution in [0, 0.1) is 5.82 Å². The monoisotopic (exact) mass is 359 g/mol. The molecule has 4 nitrogen and oxygen atoms in total. The molecule has 1 N–H and O–H groups in total. The molecule has 0 heterocycles. The van der Waals surface area contributed by atoms with Gasteiger partial charge < -0.3 is 4.74 Å². The average Bonchev–Trinajstić information content (AvgIpc) is 2.41. The van der Waals surface area contributed by atoms with Crippen molar-refractivity contribution in [1.82, 2.24) is 0 Å². The molecule has 0 radical (unpaired) electrons. The molecular formula is C13H11BrFNO3S. The summed E-state index contributed by atoms with van der Waals surface area (Å²) < 4.78 is 45.1. The summed E-state index contributed by atoms with van der Waals surface area (Å²) in [6, 6.07) is 9.48. The number of hydrogen-bond acceptors (Lipinski definition) is 3. The molecule has 0 spiro atoms. The van der Waals surface area contributed by atoms with E-state index in [2.05, 4.69) is 20.7 Å². The quantitative estimate of drug-likeness (QED) is 0.909. The van der Waals surface area contributed by atoms with E-state index in [-0.39, 0.29) is 4.90 Å². The van der Waals surface area contributed by atoms with Gasteiger partial charge in [-0.2, -0.15) is 0 Å². The number of methoxy groups -OCH3 is 1. The van der Waals surface area contributed by atoms with Crippen LogP contribution in [0.4, 0.5) is 10.1 Å². The zero-order valence-corrected chi connectivity index (χ0v) is 12.8. The standard InChI is InChI=1S/C13H11BrFNO3S/c1-19-13-7-6-11(8-12(13)14)20(17,18)16-10-4-2-9(15)3-5-10/h2-8,16H,1H3. The molecular weight excluding hydrogens is 349 g/mol. The average molecular weight is 360 g/mol. The Morgan fingerprint density at radius 2 is 1.80 bits per heavy atom. The van der Waals surface area contributed by atoms with E-state index >= 15 is 0 Å². The summed E-state index contributed by atoms with van der Waals surface area (Å²) in [6.45, 7) is 0. The highest BCUT2D eigenvalue weighted by Gasteiger charge is 2.16. The number of sulfonamides is 1.